The maximum Gasteiger partial charge on any atom is 0.212 e. The molecule has 6 nitrogen and oxygen atoms in total. The van der Waals surface area contributed by atoms with Crippen molar-refractivity contribution >= 4 is 27.5 Å². The number of hydrogen-bond acceptors (Lipinski definition) is 5. The first kappa shape index (κ1) is 20.9. The molecule has 3 aromatic rings. The minimum Gasteiger partial charge on any atom is -0.497 e. The highest BCUT2D eigenvalue weighted by molar-refractivity contribution is 9.10. The molecule has 1 atom stereocenters. The Morgan fingerprint density at radius 3 is 1.97 bits per heavy atom. The van der Waals surface area contributed by atoms with Crippen LogP contribution in [0.3, 0.4) is 0 Å². The van der Waals surface area contributed by atoms with Crippen molar-refractivity contribution in [2.24, 2.45) is 0 Å². The van der Waals surface area contributed by atoms with Crippen molar-refractivity contribution in [2.45, 2.75) is 11.3 Å². The van der Waals surface area contributed by atoms with Crippen LogP contribution in [-0.4, -0.2) is 30.1 Å². The molecule has 1 unspecified atom stereocenters. The van der Waals surface area contributed by atoms with Crippen LogP contribution in [0.2, 0.25) is 0 Å². The van der Waals surface area contributed by atoms with Crippen LogP contribution < -0.4 is 4.74 Å². The maximum atomic E-state index is 13.9. The average molecular weight is 480 g/mol. The number of halogens is 1. The summed E-state index contributed by atoms with van der Waals surface area (Å²) in [6.45, 7) is -0.570. The van der Waals surface area contributed by atoms with Crippen LogP contribution in [0.25, 0.3) is 0 Å². The molecule has 4 rings (SSSR count). The quantitative estimate of drug-likeness (QED) is 0.287. The molecule has 156 valence electrons. The lowest BCUT2D eigenvalue weighted by molar-refractivity contribution is -0.484. The summed E-state index contributed by atoms with van der Waals surface area (Å²) in [6, 6.07) is 20.1. The first-order chi connectivity index (χ1) is 14.9. The Labute approximate surface area is 187 Å². The molecule has 0 spiro atoms. The molecule has 31 heavy (non-hydrogen) atoms. The van der Waals surface area contributed by atoms with E-state index in [4.69, 9.17) is 4.74 Å². The number of Topliss-reactive ketones (excluding diaryl/α,β-unsaturated/α-hetero) is 2. The summed E-state index contributed by atoms with van der Waals surface area (Å²) in [4.78, 5) is 39.0. The number of nitro groups is 1. The van der Waals surface area contributed by atoms with Crippen LogP contribution in [0, 0.1) is 10.1 Å². The predicted molar refractivity (Wildman–Crippen MR) is 119 cm³/mol. The van der Waals surface area contributed by atoms with E-state index in [1.165, 1.54) is 7.11 Å². The third-order valence-electron chi connectivity index (χ3n) is 5.80. The van der Waals surface area contributed by atoms with Crippen molar-refractivity contribution in [3.63, 3.8) is 0 Å². The van der Waals surface area contributed by atoms with Crippen LogP contribution in [0.15, 0.2) is 77.3 Å². The van der Waals surface area contributed by atoms with E-state index in [9.17, 15) is 19.7 Å². The molecule has 0 saturated heterocycles. The smallest absolute Gasteiger partial charge is 0.212 e. The molecule has 0 aliphatic heterocycles. The van der Waals surface area contributed by atoms with Crippen LogP contribution in [-0.2, 0) is 5.41 Å². The van der Waals surface area contributed by atoms with Gasteiger partial charge in [-0.3, -0.25) is 19.7 Å². The molecule has 0 aromatic heterocycles. The summed E-state index contributed by atoms with van der Waals surface area (Å²) in [5, 5.41) is 11.7. The fourth-order valence-corrected chi connectivity index (χ4v) is 4.64. The molecule has 3 aromatic carbocycles. The number of ketones is 2. The number of hydrogen-bond donors (Lipinski definition) is 0. The minimum atomic E-state index is -1.74. The molecule has 0 saturated carbocycles. The van der Waals surface area contributed by atoms with Gasteiger partial charge in [-0.2, -0.15) is 0 Å². The molecule has 0 heterocycles. The van der Waals surface area contributed by atoms with Crippen LogP contribution in [0.4, 0.5) is 0 Å². The standard InChI is InChI=1S/C24H18BrNO5/c1-31-18-12-8-16(9-13-18)24(22(27)19-4-2-3-5-20(19)23(24)28)21(14-26(29)30)15-6-10-17(25)11-7-15/h2-13,21H,14H2,1H3. The van der Waals surface area contributed by atoms with Gasteiger partial charge in [0.25, 0.3) is 0 Å². The average Bonchev–Trinajstić information content (AvgIpc) is 3.01. The molecule has 0 fully saturated rings. The van der Waals surface area contributed by atoms with Crippen molar-refractivity contribution in [3.05, 3.63) is 110 Å². The van der Waals surface area contributed by atoms with E-state index in [1.54, 1.807) is 72.8 Å². The lowest BCUT2D eigenvalue weighted by atomic mass is 9.64. The third kappa shape index (κ3) is 3.35. The highest BCUT2D eigenvalue weighted by Crippen LogP contribution is 2.49. The van der Waals surface area contributed by atoms with E-state index in [-0.39, 0.29) is 11.1 Å². The zero-order chi connectivity index (χ0) is 22.2. The van der Waals surface area contributed by atoms with E-state index in [2.05, 4.69) is 15.9 Å². The second kappa shape index (κ2) is 8.07. The van der Waals surface area contributed by atoms with Gasteiger partial charge in [0.15, 0.2) is 11.6 Å². The van der Waals surface area contributed by atoms with Crippen LogP contribution in [0.5, 0.6) is 5.75 Å². The zero-order valence-electron chi connectivity index (χ0n) is 16.6. The Morgan fingerprint density at radius 2 is 1.48 bits per heavy atom. The first-order valence-corrected chi connectivity index (χ1v) is 10.4. The van der Waals surface area contributed by atoms with Gasteiger partial charge >= 0.3 is 0 Å². The zero-order valence-corrected chi connectivity index (χ0v) is 18.2. The van der Waals surface area contributed by atoms with Gasteiger partial charge in [0.2, 0.25) is 6.54 Å². The van der Waals surface area contributed by atoms with Gasteiger partial charge < -0.3 is 4.74 Å². The topological polar surface area (TPSA) is 86.5 Å². The van der Waals surface area contributed by atoms with Gasteiger partial charge in [-0.05, 0) is 35.4 Å². The van der Waals surface area contributed by atoms with Crippen LogP contribution in [0.1, 0.15) is 37.8 Å². The molecule has 1 aliphatic carbocycles. The lowest BCUT2D eigenvalue weighted by Gasteiger charge is -2.33. The Kier molecular flexibility index (Phi) is 5.45. The Balaban J connectivity index is 2.01. The van der Waals surface area contributed by atoms with Gasteiger partial charge in [-0.25, -0.2) is 0 Å². The number of methoxy groups -OCH3 is 1. The maximum absolute atomic E-state index is 13.9. The summed E-state index contributed by atoms with van der Waals surface area (Å²) in [7, 11) is 1.52. The van der Waals surface area contributed by atoms with E-state index in [0.717, 1.165) is 4.47 Å². The molecule has 1 aliphatic rings. The molecule has 0 amide bonds. The number of rotatable bonds is 6. The monoisotopic (exact) mass is 479 g/mol. The summed E-state index contributed by atoms with van der Waals surface area (Å²) in [6.07, 6.45) is 0. The SMILES string of the molecule is COc1ccc(C2(C(C[N+](=O)[O-])c3ccc(Br)cc3)C(=O)c3ccccc3C2=O)cc1. The Bertz CT molecular complexity index is 1140. The van der Waals surface area contributed by atoms with Crippen molar-refractivity contribution in [1.29, 1.82) is 0 Å². The lowest BCUT2D eigenvalue weighted by Crippen LogP contribution is -2.46. The highest BCUT2D eigenvalue weighted by Gasteiger charge is 2.60. The number of carbonyl (C=O) groups is 2. The largest absolute Gasteiger partial charge is 0.497 e. The normalized spacial score (nSPS) is 15.4. The van der Waals surface area contributed by atoms with Crippen molar-refractivity contribution in [2.75, 3.05) is 13.7 Å². The number of ether oxygens (including phenoxy) is 1. The van der Waals surface area contributed by atoms with Gasteiger partial charge in [0.1, 0.15) is 11.2 Å². The number of benzene rings is 3. The number of carbonyl (C=O) groups excluding carboxylic acids is 2. The van der Waals surface area contributed by atoms with E-state index < -0.39 is 34.4 Å². The van der Waals surface area contributed by atoms with Crippen molar-refractivity contribution in [1.82, 2.24) is 0 Å². The van der Waals surface area contributed by atoms with E-state index >= 15 is 0 Å². The second-order valence-corrected chi connectivity index (χ2v) is 8.28. The highest BCUT2D eigenvalue weighted by atomic mass is 79.9. The molecule has 0 N–H and O–H groups in total. The second-order valence-electron chi connectivity index (χ2n) is 7.36. The molecule has 0 radical (unpaired) electrons. The summed E-state index contributed by atoms with van der Waals surface area (Å²) >= 11 is 3.37. The summed E-state index contributed by atoms with van der Waals surface area (Å²) in [5.41, 5.74) is -0.210. The molecule has 7 heteroatoms. The first-order valence-electron chi connectivity index (χ1n) is 9.60. The van der Waals surface area contributed by atoms with E-state index in [0.29, 0.717) is 16.9 Å². The van der Waals surface area contributed by atoms with Crippen molar-refractivity contribution in [3.8, 4) is 5.75 Å². The van der Waals surface area contributed by atoms with Gasteiger partial charge in [-0.15, -0.1) is 0 Å². The number of nitrogens with zero attached hydrogens (tertiary/aromatic N) is 1. The Hall–Kier alpha value is -3.32. The molecule has 0 bridgehead atoms. The minimum absolute atomic E-state index is 0.286. The Morgan fingerprint density at radius 1 is 0.935 bits per heavy atom. The van der Waals surface area contributed by atoms with Gasteiger partial charge in [0.05, 0.1) is 13.0 Å². The van der Waals surface area contributed by atoms with Gasteiger partial charge in [0, 0.05) is 20.5 Å². The van der Waals surface area contributed by atoms with Gasteiger partial charge in [-0.1, -0.05) is 64.5 Å². The molecular formula is C24H18BrNO5. The molecular weight excluding hydrogens is 462 g/mol. The van der Waals surface area contributed by atoms with Crippen LogP contribution >= 0.6 is 15.9 Å². The van der Waals surface area contributed by atoms with Crippen molar-refractivity contribution < 1.29 is 19.2 Å². The number of fused-ring (bicyclic) bond motifs is 1. The fraction of sp³-hybridized carbons (Fsp3) is 0.167. The third-order valence-corrected chi connectivity index (χ3v) is 6.33. The fourth-order valence-electron chi connectivity index (χ4n) is 4.38. The summed E-state index contributed by atoms with van der Waals surface area (Å²) in [5.74, 6) is -1.28. The van der Waals surface area contributed by atoms with E-state index in [1.807, 2.05) is 0 Å². The summed E-state index contributed by atoms with van der Waals surface area (Å²) < 4.78 is 6.01. The predicted octanol–water partition coefficient (Wildman–Crippen LogP) is 4.84.